The van der Waals surface area contributed by atoms with Gasteiger partial charge in [-0.25, -0.2) is 0 Å². The van der Waals surface area contributed by atoms with E-state index in [9.17, 15) is 14.4 Å². The summed E-state index contributed by atoms with van der Waals surface area (Å²) in [6.45, 7) is 6.24. The molecule has 1 rings (SSSR count). The molecule has 1 aliphatic heterocycles. The van der Waals surface area contributed by atoms with Crippen molar-refractivity contribution < 1.29 is 19.5 Å². The van der Waals surface area contributed by atoms with Crippen molar-refractivity contribution in [2.75, 3.05) is 13.1 Å². The molecule has 1 heterocycles. The maximum atomic E-state index is 12.2. The SMILES string of the molecule is CC(=O)NC1CCCN(C(=O)CC(C)(C)CC(=O)O)C1. The normalized spacial score (nSPS) is 19.6. The van der Waals surface area contributed by atoms with Crippen LogP contribution in [0.2, 0.25) is 0 Å². The van der Waals surface area contributed by atoms with Crippen LogP contribution in [0.25, 0.3) is 0 Å². The van der Waals surface area contributed by atoms with Gasteiger partial charge in [-0.05, 0) is 18.3 Å². The second-order valence-electron chi connectivity index (χ2n) is 6.29. The smallest absolute Gasteiger partial charge is 0.303 e. The van der Waals surface area contributed by atoms with Gasteiger partial charge in [0.1, 0.15) is 0 Å². The van der Waals surface area contributed by atoms with Crippen LogP contribution in [-0.2, 0) is 14.4 Å². The van der Waals surface area contributed by atoms with E-state index in [2.05, 4.69) is 5.32 Å². The average Bonchev–Trinajstić information content (AvgIpc) is 2.25. The molecule has 6 heteroatoms. The number of hydrogen-bond acceptors (Lipinski definition) is 3. The van der Waals surface area contributed by atoms with Crippen molar-refractivity contribution in [2.24, 2.45) is 5.41 Å². The standard InChI is InChI=1S/C14H24N2O4/c1-10(17)15-11-5-4-6-16(9-11)12(18)7-14(2,3)8-13(19)20/h11H,4-9H2,1-3H3,(H,15,17)(H,19,20). The lowest BCUT2D eigenvalue weighted by Gasteiger charge is -2.35. The maximum Gasteiger partial charge on any atom is 0.303 e. The summed E-state index contributed by atoms with van der Waals surface area (Å²) in [4.78, 5) is 35.8. The van der Waals surface area contributed by atoms with Crippen LogP contribution in [0.15, 0.2) is 0 Å². The number of rotatable bonds is 5. The number of carboxylic acid groups (broad SMARTS) is 1. The molecular weight excluding hydrogens is 260 g/mol. The van der Waals surface area contributed by atoms with Crippen LogP contribution in [-0.4, -0.2) is 46.9 Å². The summed E-state index contributed by atoms with van der Waals surface area (Å²) < 4.78 is 0. The molecule has 0 aromatic heterocycles. The zero-order valence-electron chi connectivity index (χ0n) is 12.4. The largest absolute Gasteiger partial charge is 0.481 e. The average molecular weight is 284 g/mol. The van der Waals surface area contributed by atoms with Crippen LogP contribution in [0, 0.1) is 5.41 Å². The van der Waals surface area contributed by atoms with Gasteiger partial charge < -0.3 is 15.3 Å². The number of aliphatic carboxylic acids is 1. The highest BCUT2D eigenvalue weighted by Crippen LogP contribution is 2.26. The summed E-state index contributed by atoms with van der Waals surface area (Å²) in [6.07, 6.45) is 1.92. The quantitative estimate of drug-likeness (QED) is 0.788. The summed E-state index contributed by atoms with van der Waals surface area (Å²) in [7, 11) is 0. The predicted molar refractivity (Wildman–Crippen MR) is 74.1 cm³/mol. The van der Waals surface area contributed by atoms with Gasteiger partial charge in [-0.2, -0.15) is 0 Å². The molecule has 1 saturated heterocycles. The van der Waals surface area contributed by atoms with Crippen molar-refractivity contribution in [2.45, 2.75) is 52.5 Å². The van der Waals surface area contributed by atoms with E-state index in [0.29, 0.717) is 13.1 Å². The van der Waals surface area contributed by atoms with Crippen molar-refractivity contribution in [3.8, 4) is 0 Å². The molecule has 20 heavy (non-hydrogen) atoms. The summed E-state index contributed by atoms with van der Waals surface area (Å²) in [6, 6.07) is 0.00721. The molecule has 0 aliphatic carbocycles. The molecule has 6 nitrogen and oxygen atoms in total. The lowest BCUT2D eigenvalue weighted by molar-refractivity contribution is -0.141. The molecule has 0 saturated carbocycles. The summed E-state index contributed by atoms with van der Waals surface area (Å²) in [5.74, 6) is -1.01. The van der Waals surface area contributed by atoms with E-state index >= 15 is 0 Å². The van der Waals surface area contributed by atoms with E-state index in [0.717, 1.165) is 12.8 Å². The molecule has 2 amide bonds. The number of piperidine rings is 1. The van der Waals surface area contributed by atoms with E-state index < -0.39 is 11.4 Å². The Hall–Kier alpha value is -1.59. The molecule has 0 bridgehead atoms. The van der Waals surface area contributed by atoms with Crippen molar-refractivity contribution in [1.82, 2.24) is 10.2 Å². The fourth-order valence-corrected chi connectivity index (χ4v) is 2.60. The molecule has 0 aromatic carbocycles. The fraction of sp³-hybridized carbons (Fsp3) is 0.786. The van der Waals surface area contributed by atoms with Crippen LogP contribution in [0.3, 0.4) is 0 Å². The van der Waals surface area contributed by atoms with Crippen LogP contribution >= 0.6 is 0 Å². The topological polar surface area (TPSA) is 86.7 Å². The minimum Gasteiger partial charge on any atom is -0.481 e. The number of carbonyl (C=O) groups is 3. The lowest BCUT2D eigenvalue weighted by atomic mass is 9.85. The fourth-order valence-electron chi connectivity index (χ4n) is 2.60. The Bertz CT molecular complexity index is 393. The van der Waals surface area contributed by atoms with Gasteiger partial charge >= 0.3 is 5.97 Å². The number of hydrogen-bond donors (Lipinski definition) is 2. The molecule has 1 fully saturated rings. The molecule has 0 aromatic rings. The minimum atomic E-state index is -0.891. The highest BCUT2D eigenvalue weighted by atomic mass is 16.4. The molecular formula is C14H24N2O4. The lowest BCUT2D eigenvalue weighted by Crippen LogP contribution is -2.49. The Labute approximate surface area is 119 Å². The van der Waals surface area contributed by atoms with Gasteiger partial charge in [-0.3, -0.25) is 14.4 Å². The van der Waals surface area contributed by atoms with Crippen LogP contribution in [0.5, 0.6) is 0 Å². The zero-order valence-corrected chi connectivity index (χ0v) is 12.4. The monoisotopic (exact) mass is 284 g/mol. The first-order valence-electron chi connectivity index (χ1n) is 6.96. The third kappa shape index (κ3) is 5.59. The number of likely N-dealkylation sites (tertiary alicyclic amines) is 1. The maximum absolute atomic E-state index is 12.2. The molecule has 2 N–H and O–H groups in total. The number of nitrogens with one attached hydrogen (secondary N) is 1. The first-order valence-corrected chi connectivity index (χ1v) is 6.96. The van der Waals surface area contributed by atoms with Crippen LogP contribution < -0.4 is 5.32 Å². The predicted octanol–water partition coefficient (Wildman–Crippen LogP) is 1.00. The molecule has 1 unspecified atom stereocenters. The number of nitrogens with zero attached hydrogens (tertiary/aromatic N) is 1. The first kappa shape index (κ1) is 16.5. The summed E-state index contributed by atoms with van der Waals surface area (Å²) >= 11 is 0. The second kappa shape index (κ2) is 6.72. The van der Waals surface area contributed by atoms with E-state index in [4.69, 9.17) is 5.11 Å². The van der Waals surface area contributed by atoms with Gasteiger partial charge in [0.25, 0.3) is 0 Å². The first-order chi connectivity index (χ1) is 9.19. The van der Waals surface area contributed by atoms with Crippen molar-refractivity contribution in [1.29, 1.82) is 0 Å². The zero-order chi connectivity index (χ0) is 15.3. The van der Waals surface area contributed by atoms with Crippen molar-refractivity contribution in [3.63, 3.8) is 0 Å². The molecule has 0 radical (unpaired) electrons. The molecule has 114 valence electrons. The summed E-state index contributed by atoms with van der Waals surface area (Å²) in [5, 5.41) is 11.7. The third-order valence-electron chi connectivity index (χ3n) is 3.44. The van der Waals surface area contributed by atoms with E-state index in [1.54, 1.807) is 18.7 Å². The molecule has 1 aliphatic rings. The Morgan fingerprint density at radius 3 is 2.50 bits per heavy atom. The third-order valence-corrected chi connectivity index (χ3v) is 3.44. The number of amides is 2. The van der Waals surface area contributed by atoms with Gasteiger partial charge in [0.15, 0.2) is 0 Å². The van der Waals surface area contributed by atoms with Gasteiger partial charge in [0.2, 0.25) is 11.8 Å². The number of carbonyl (C=O) groups excluding carboxylic acids is 2. The van der Waals surface area contributed by atoms with Gasteiger partial charge in [-0.15, -0.1) is 0 Å². The van der Waals surface area contributed by atoms with Gasteiger partial charge in [0, 0.05) is 32.5 Å². The molecule has 0 spiro atoms. The van der Waals surface area contributed by atoms with Gasteiger partial charge in [-0.1, -0.05) is 13.8 Å². The van der Waals surface area contributed by atoms with E-state index in [1.165, 1.54) is 6.92 Å². The second-order valence-corrected chi connectivity index (χ2v) is 6.29. The Morgan fingerprint density at radius 2 is 1.95 bits per heavy atom. The van der Waals surface area contributed by atoms with Crippen molar-refractivity contribution in [3.05, 3.63) is 0 Å². The van der Waals surface area contributed by atoms with Gasteiger partial charge in [0.05, 0.1) is 6.42 Å². The Balaban J connectivity index is 2.54. The Kier molecular flexibility index (Phi) is 5.53. The van der Waals surface area contributed by atoms with E-state index in [1.807, 2.05) is 0 Å². The highest BCUT2D eigenvalue weighted by molar-refractivity contribution is 5.78. The summed E-state index contributed by atoms with van der Waals surface area (Å²) in [5.41, 5.74) is -0.552. The minimum absolute atomic E-state index is 0.00721. The highest BCUT2D eigenvalue weighted by Gasteiger charge is 2.30. The van der Waals surface area contributed by atoms with Crippen LogP contribution in [0.1, 0.15) is 46.5 Å². The Morgan fingerprint density at radius 1 is 1.30 bits per heavy atom. The molecule has 1 atom stereocenters. The van der Waals surface area contributed by atoms with Crippen molar-refractivity contribution >= 4 is 17.8 Å². The van der Waals surface area contributed by atoms with Crippen LogP contribution in [0.4, 0.5) is 0 Å². The van der Waals surface area contributed by atoms with E-state index in [-0.39, 0.29) is 30.7 Å². The number of carboxylic acids is 1.